The molecule has 0 bridgehead atoms. The summed E-state index contributed by atoms with van der Waals surface area (Å²) in [4.78, 5) is 25.2. The van der Waals surface area contributed by atoms with Gasteiger partial charge in [0.1, 0.15) is 6.04 Å². The van der Waals surface area contributed by atoms with Crippen LogP contribution in [0.3, 0.4) is 0 Å². The van der Waals surface area contributed by atoms with Crippen molar-refractivity contribution in [2.24, 2.45) is 0 Å². The Labute approximate surface area is 125 Å². The quantitative estimate of drug-likeness (QED) is 0.690. The number of likely N-dealkylation sites (tertiary alicyclic amines) is 1. The minimum Gasteiger partial charge on any atom is -0.342 e. The molecule has 5 nitrogen and oxygen atoms in total. The van der Waals surface area contributed by atoms with E-state index in [1.807, 2.05) is 25.1 Å². The number of quaternary nitrogens is 1. The first-order valence-corrected chi connectivity index (χ1v) is 7.60. The van der Waals surface area contributed by atoms with Gasteiger partial charge in [-0.3, -0.25) is 9.59 Å². The van der Waals surface area contributed by atoms with E-state index in [4.69, 9.17) is 0 Å². The van der Waals surface area contributed by atoms with Gasteiger partial charge in [0.05, 0.1) is 19.6 Å². The van der Waals surface area contributed by atoms with E-state index in [2.05, 4.69) is 17.6 Å². The number of carbonyl (C=O) groups is 2. The highest BCUT2D eigenvalue weighted by Crippen LogP contribution is 2.09. The van der Waals surface area contributed by atoms with Crippen LogP contribution in [-0.2, 0) is 9.59 Å². The lowest BCUT2D eigenvalue weighted by atomic mass is 10.2. The molecule has 2 atom stereocenters. The normalized spacial score (nSPS) is 21.0. The molecule has 1 aliphatic rings. The maximum Gasteiger partial charge on any atom is 0.313 e. The van der Waals surface area contributed by atoms with Crippen molar-refractivity contribution in [1.29, 1.82) is 0 Å². The molecule has 1 saturated heterocycles. The first kappa shape index (κ1) is 15.5. The van der Waals surface area contributed by atoms with Crippen molar-refractivity contribution < 1.29 is 14.5 Å². The summed E-state index contributed by atoms with van der Waals surface area (Å²) in [6, 6.07) is 7.84. The van der Waals surface area contributed by atoms with Crippen LogP contribution in [0.4, 0.5) is 5.69 Å². The molecule has 1 aromatic carbocycles. The second-order valence-corrected chi connectivity index (χ2v) is 5.63. The van der Waals surface area contributed by atoms with E-state index in [0.29, 0.717) is 18.3 Å². The van der Waals surface area contributed by atoms with Gasteiger partial charge in [0.25, 0.3) is 0 Å². The predicted molar refractivity (Wildman–Crippen MR) is 82.2 cm³/mol. The molecule has 0 saturated carbocycles. The average molecular weight is 290 g/mol. The molecule has 0 aliphatic carbocycles. The van der Waals surface area contributed by atoms with Gasteiger partial charge in [-0.1, -0.05) is 12.1 Å². The molecule has 1 unspecified atom stereocenters. The SMILES string of the molecule is CC[NH+]1CCC[C@H]1CNC(=O)C(=O)Nc1cccc(C)c1. The van der Waals surface area contributed by atoms with Gasteiger partial charge in [-0.15, -0.1) is 0 Å². The van der Waals surface area contributed by atoms with Crippen molar-refractivity contribution in [3.63, 3.8) is 0 Å². The molecule has 0 aromatic heterocycles. The number of aryl methyl sites for hydroxylation is 1. The van der Waals surface area contributed by atoms with E-state index < -0.39 is 11.8 Å². The highest BCUT2D eigenvalue weighted by Gasteiger charge is 2.27. The monoisotopic (exact) mass is 290 g/mol. The van der Waals surface area contributed by atoms with Gasteiger partial charge in [-0.05, 0) is 31.5 Å². The molecule has 0 radical (unpaired) electrons. The molecule has 1 aromatic rings. The standard InChI is InChI=1S/C16H23N3O2/c1-3-19-9-5-8-14(19)11-17-15(20)16(21)18-13-7-4-6-12(2)10-13/h4,6-7,10,14H,3,5,8-9,11H2,1-2H3,(H,17,20)(H,18,21)/p+1/t14-/m0/s1. The van der Waals surface area contributed by atoms with E-state index >= 15 is 0 Å². The zero-order valence-electron chi connectivity index (χ0n) is 12.7. The molecule has 1 heterocycles. The number of hydrogen-bond donors (Lipinski definition) is 3. The van der Waals surface area contributed by atoms with Crippen molar-refractivity contribution in [3.05, 3.63) is 29.8 Å². The molecule has 1 fully saturated rings. The van der Waals surface area contributed by atoms with Crippen LogP contribution >= 0.6 is 0 Å². The molecular formula is C16H24N3O2+. The van der Waals surface area contributed by atoms with Crippen LogP contribution < -0.4 is 15.5 Å². The Morgan fingerprint density at radius 2 is 2.14 bits per heavy atom. The third-order valence-electron chi connectivity index (χ3n) is 4.07. The molecule has 3 N–H and O–H groups in total. The number of hydrogen-bond acceptors (Lipinski definition) is 2. The first-order chi connectivity index (χ1) is 10.1. The maximum atomic E-state index is 11.9. The van der Waals surface area contributed by atoms with Gasteiger partial charge in [0.15, 0.2) is 0 Å². The van der Waals surface area contributed by atoms with Crippen molar-refractivity contribution in [1.82, 2.24) is 5.32 Å². The molecule has 114 valence electrons. The fraction of sp³-hybridized carbons (Fsp3) is 0.500. The van der Waals surface area contributed by atoms with Crippen molar-refractivity contribution in [2.45, 2.75) is 32.7 Å². The predicted octanol–water partition coefficient (Wildman–Crippen LogP) is 0.117. The number of anilines is 1. The van der Waals surface area contributed by atoms with Crippen LogP contribution in [0.25, 0.3) is 0 Å². The lowest BCUT2D eigenvalue weighted by molar-refractivity contribution is -0.909. The summed E-state index contributed by atoms with van der Waals surface area (Å²) in [5.41, 5.74) is 1.69. The van der Waals surface area contributed by atoms with Gasteiger partial charge in [0, 0.05) is 18.5 Å². The van der Waals surface area contributed by atoms with Crippen LogP contribution in [0, 0.1) is 6.92 Å². The Morgan fingerprint density at radius 3 is 2.86 bits per heavy atom. The molecule has 21 heavy (non-hydrogen) atoms. The molecular weight excluding hydrogens is 266 g/mol. The summed E-state index contributed by atoms with van der Waals surface area (Å²) in [5.74, 6) is -1.16. The minimum atomic E-state index is -0.600. The Morgan fingerprint density at radius 1 is 1.33 bits per heavy atom. The van der Waals surface area contributed by atoms with Crippen LogP contribution in [-0.4, -0.2) is 37.5 Å². The van der Waals surface area contributed by atoms with E-state index in [0.717, 1.165) is 25.1 Å². The van der Waals surface area contributed by atoms with Gasteiger partial charge in [-0.25, -0.2) is 0 Å². The topological polar surface area (TPSA) is 62.6 Å². The summed E-state index contributed by atoms with van der Waals surface area (Å²) >= 11 is 0. The third kappa shape index (κ3) is 4.29. The molecule has 1 aliphatic heterocycles. The fourth-order valence-electron chi connectivity index (χ4n) is 2.90. The number of likely N-dealkylation sites (N-methyl/N-ethyl adjacent to an activating group) is 1. The second-order valence-electron chi connectivity index (χ2n) is 5.63. The Kier molecular flexibility index (Phi) is 5.33. The number of carbonyl (C=O) groups excluding carboxylic acids is 2. The molecule has 2 rings (SSSR count). The summed E-state index contributed by atoms with van der Waals surface area (Å²) < 4.78 is 0. The number of rotatable bonds is 4. The van der Waals surface area contributed by atoms with Crippen molar-refractivity contribution in [3.8, 4) is 0 Å². The number of nitrogens with one attached hydrogen (secondary N) is 3. The van der Waals surface area contributed by atoms with E-state index in [1.54, 1.807) is 6.07 Å². The van der Waals surface area contributed by atoms with E-state index in [-0.39, 0.29) is 0 Å². The van der Waals surface area contributed by atoms with Crippen molar-refractivity contribution >= 4 is 17.5 Å². The maximum absolute atomic E-state index is 11.9. The van der Waals surface area contributed by atoms with E-state index in [1.165, 1.54) is 11.3 Å². The zero-order valence-corrected chi connectivity index (χ0v) is 12.7. The summed E-state index contributed by atoms with van der Waals surface area (Å²) in [6.45, 7) is 6.89. The van der Waals surface area contributed by atoms with Crippen LogP contribution in [0.2, 0.25) is 0 Å². The highest BCUT2D eigenvalue weighted by atomic mass is 16.2. The lowest BCUT2D eigenvalue weighted by Crippen LogP contribution is -3.14. The second kappa shape index (κ2) is 7.22. The number of benzene rings is 1. The Hall–Kier alpha value is -1.88. The Bertz CT molecular complexity index is 516. The molecule has 2 amide bonds. The Balaban J connectivity index is 1.81. The molecule has 5 heteroatoms. The summed E-state index contributed by atoms with van der Waals surface area (Å²) in [6.07, 6.45) is 2.31. The van der Waals surface area contributed by atoms with Gasteiger partial charge in [0.2, 0.25) is 0 Å². The van der Waals surface area contributed by atoms with Crippen LogP contribution in [0.5, 0.6) is 0 Å². The van der Waals surface area contributed by atoms with Crippen LogP contribution in [0.15, 0.2) is 24.3 Å². The minimum absolute atomic E-state index is 0.436. The number of amides is 2. The largest absolute Gasteiger partial charge is 0.342 e. The first-order valence-electron chi connectivity index (χ1n) is 7.60. The smallest absolute Gasteiger partial charge is 0.313 e. The highest BCUT2D eigenvalue weighted by molar-refractivity contribution is 6.39. The summed E-state index contributed by atoms with van der Waals surface area (Å²) in [7, 11) is 0. The fourth-order valence-corrected chi connectivity index (χ4v) is 2.90. The average Bonchev–Trinajstić information content (AvgIpc) is 2.92. The van der Waals surface area contributed by atoms with Gasteiger partial charge >= 0.3 is 11.8 Å². The lowest BCUT2D eigenvalue weighted by Gasteiger charge is -2.19. The van der Waals surface area contributed by atoms with Crippen molar-refractivity contribution in [2.75, 3.05) is 25.0 Å². The zero-order chi connectivity index (χ0) is 15.2. The summed E-state index contributed by atoms with van der Waals surface area (Å²) in [5, 5.41) is 5.38. The van der Waals surface area contributed by atoms with Crippen LogP contribution in [0.1, 0.15) is 25.3 Å². The van der Waals surface area contributed by atoms with Gasteiger partial charge < -0.3 is 15.5 Å². The third-order valence-corrected chi connectivity index (χ3v) is 4.07. The van der Waals surface area contributed by atoms with Gasteiger partial charge in [-0.2, -0.15) is 0 Å². The molecule has 0 spiro atoms. The van der Waals surface area contributed by atoms with E-state index in [9.17, 15) is 9.59 Å².